The van der Waals surface area contributed by atoms with Gasteiger partial charge in [0.05, 0.1) is 16.8 Å². The van der Waals surface area contributed by atoms with Gasteiger partial charge in [0.2, 0.25) is 5.95 Å². The molecule has 1 aromatic carbocycles. The Hall–Kier alpha value is -2.43. The summed E-state index contributed by atoms with van der Waals surface area (Å²) in [4.78, 5) is 12.1. The molecule has 3 aromatic rings. The molecule has 5 nitrogen and oxygen atoms in total. The molecule has 1 aliphatic rings. The fraction of sp³-hybridized carbons (Fsp3) is 0.389. The summed E-state index contributed by atoms with van der Waals surface area (Å²) in [6, 6.07) is 10.3. The van der Waals surface area contributed by atoms with Gasteiger partial charge in [0.25, 0.3) is 0 Å². The van der Waals surface area contributed by atoms with Gasteiger partial charge in [0, 0.05) is 25.7 Å². The smallest absolute Gasteiger partial charge is 0.227 e. The SMILES string of the molecule is Cc1nn(C)c2nc(N3CCCCC3)nc(-c3ccccc3)c12. The molecular weight excluding hydrogens is 286 g/mol. The first-order valence-electron chi connectivity index (χ1n) is 8.26. The van der Waals surface area contributed by atoms with Gasteiger partial charge in [-0.2, -0.15) is 10.1 Å². The first kappa shape index (κ1) is 14.2. The van der Waals surface area contributed by atoms with E-state index in [9.17, 15) is 0 Å². The summed E-state index contributed by atoms with van der Waals surface area (Å²) in [5.41, 5.74) is 4.00. The maximum Gasteiger partial charge on any atom is 0.227 e. The molecule has 0 atom stereocenters. The lowest BCUT2D eigenvalue weighted by atomic mass is 10.1. The predicted octanol–water partition coefficient (Wildman–Crippen LogP) is 3.33. The van der Waals surface area contributed by atoms with Crippen molar-refractivity contribution in [2.45, 2.75) is 26.2 Å². The Kier molecular flexibility index (Phi) is 3.48. The molecule has 4 rings (SSSR count). The van der Waals surface area contributed by atoms with Crippen LogP contribution in [0.3, 0.4) is 0 Å². The van der Waals surface area contributed by atoms with Crippen LogP contribution >= 0.6 is 0 Å². The second kappa shape index (κ2) is 5.65. The third-order valence-corrected chi connectivity index (χ3v) is 4.53. The number of fused-ring (bicyclic) bond motifs is 1. The predicted molar refractivity (Wildman–Crippen MR) is 92.5 cm³/mol. The highest BCUT2D eigenvalue weighted by Crippen LogP contribution is 2.30. The molecular formula is C18H21N5. The summed E-state index contributed by atoms with van der Waals surface area (Å²) >= 11 is 0. The standard InChI is InChI=1S/C18H21N5/c1-13-15-16(14-9-5-3-6-10-14)19-18(20-17(15)22(2)21-13)23-11-7-4-8-12-23/h3,5-6,9-10H,4,7-8,11-12H2,1-2H3. The molecule has 0 aliphatic carbocycles. The quantitative estimate of drug-likeness (QED) is 0.728. The number of anilines is 1. The van der Waals surface area contributed by atoms with Gasteiger partial charge >= 0.3 is 0 Å². The molecule has 0 saturated carbocycles. The Morgan fingerprint density at radius 3 is 2.43 bits per heavy atom. The van der Waals surface area contributed by atoms with E-state index in [4.69, 9.17) is 9.97 Å². The fourth-order valence-corrected chi connectivity index (χ4v) is 3.37. The third kappa shape index (κ3) is 2.46. The van der Waals surface area contributed by atoms with Crippen LogP contribution in [-0.2, 0) is 7.05 Å². The number of benzene rings is 1. The molecule has 0 unspecified atom stereocenters. The average molecular weight is 307 g/mol. The zero-order valence-electron chi connectivity index (χ0n) is 13.7. The Morgan fingerprint density at radius 1 is 0.957 bits per heavy atom. The zero-order valence-corrected chi connectivity index (χ0v) is 13.7. The van der Waals surface area contributed by atoms with E-state index in [2.05, 4.69) is 34.3 Å². The van der Waals surface area contributed by atoms with Crippen molar-refractivity contribution in [3.05, 3.63) is 36.0 Å². The number of hydrogen-bond acceptors (Lipinski definition) is 4. The molecule has 0 amide bonds. The zero-order chi connectivity index (χ0) is 15.8. The highest BCUT2D eigenvalue weighted by atomic mass is 15.3. The maximum absolute atomic E-state index is 4.93. The van der Waals surface area contributed by atoms with Gasteiger partial charge in [-0.25, -0.2) is 4.98 Å². The van der Waals surface area contributed by atoms with Gasteiger partial charge in [-0.3, -0.25) is 4.68 Å². The van der Waals surface area contributed by atoms with Crippen LogP contribution in [0.4, 0.5) is 5.95 Å². The van der Waals surface area contributed by atoms with Crippen LogP contribution in [0.25, 0.3) is 22.3 Å². The normalized spacial score (nSPS) is 15.3. The largest absolute Gasteiger partial charge is 0.341 e. The molecule has 5 heteroatoms. The molecule has 1 saturated heterocycles. The van der Waals surface area contributed by atoms with E-state index >= 15 is 0 Å². The molecule has 0 radical (unpaired) electrons. The van der Waals surface area contributed by atoms with E-state index in [1.54, 1.807) is 0 Å². The highest BCUT2D eigenvalue weighted by Gasteiger charge is 2.20. The number of hydrogen-bond donors (Lipinski definition) is 0. The molecule has 2 aromatic heterocycles. The first-order valence-corrected chi connectivity index (χ1v) is 8.26. The van der Waals surface area contributed by atoms with Crippen molar-refractivity contribution in [3.63, 3.8) is 0 Å². The van der Waals surface area contributed by atoms with Crippen molar-refractivity contribution in [1.82, 2.24) is 19.7 Å². The fourth-order valence-electron chi connectivity index (χ4n) is 3.37. The number of rotatable bonds is 2. The lowest BCUT2D eigenvalue weighted by Gasteiger charge is -2.27. The molecule has 118 valence electrons. The average Bonchev–Trinajstić information content (AvgIpc) is 2.90. The number of aromatic nitrogens is 4. The monoisotopic (exact) mass is 307 g/mol. The number of piperidine rings is 1. The van der Waals surface area contributed by atoms with Gasteiger partial charge < -0.3 is 4.90 Å². The van der Waals surface area contributed by atoms with Gasteiger partial charge in [-0.1, -0.05) is 30.3 Å². The summed E-state index contributed by atoms with van der Waals surface area (Å²) in [5, 5.41) is 5.61. The summed E-state index contributed by atoms with van der Waals surface area (Å²) in [6.07, 6.45) is 3.73. The number of nitrogens with zero attached hydrogens (tertiary/aromatic N) is 5. The lowest BCUT2D eigenvalue weighted by molar-refractivity contribution is 0.568. The Balaban J connectivity index is 1.95. The molecule has 1 fully saturated rings. The van der Waals surface area contributed by atoms with Crippen LogP contribution in [0.5, 0.6) is 0 Å². The first-order chi connectivity index (χ1) is 11.2. The van der Waals surface area contributed by atoms with Gasteiger partial charge in [0.15, 0.2) is 5.65 Å². The van der Waals surface area contributed by atoms with Gasteiger partial charge in [-0.05, 0) is 26.2 Å². The van der Waals surface area contributed by atoms with Crippen LogP contribution in [0.1, 0.15) is 25.0 Å². The van der Waals surface area contributed by atoms with E-state index in [1.807, 2.05) is 24.7 Å². The molecule has 23 heavy (non-hydrogen) atoms. The summed E-state index contributed by atoms with van der Waals surface area (Å²) < 4.78 is 1.87. The topological polar surface area (TPSA) is 46.8 Å². The minimum atomic E-state index is 0.832. The van der Waals surface area contributed by atoms with Gasteiger partial charge in [0.1, 0.15) is 0 Å². The minimum Gasteiger partial charge on any atom is -0.341 e. The Bertz CT molecular complexity index is 831. The maximum atomic E-state index is 4.93. The highest BCUT2D eigenvalue weighted by molar-refractivity contribution is 5.93. The molecule has 0 bridgehead atoms. The Morgan fingerprint density at radius 2 is 1.70 bits per heavy atom. The lowest BCUT2D eigenvalue weighted by Crippen LogP contribution is -2.31. The van der Waals surface area contributed by atoms with Crippen LogP contribution < -0.4 is 4.90 Å². The van der Waals surface area contributed by atoms with Crippen LogP contribution in [0, 0.1) is 6.92 Å². The van der Waals surface area contributed by atoms with Crippen molar-refractivity contribution < 1.29 is 0 Å². The van der Waals surface area contributed by atoms with Crippen molar-refractivity contribution in [3.8, 4) is 11.3 Å². The van der Waals surface area contributed by atoms with E-state index in [0.29, 0.717) is 0 Å². The molecule has 0 N–H and O–H groups in total. The van der Waals surface area contributed by atoms with E-state index < -0.39 is 0 Å². The summed E-state index contributed by atoms with van der Waals surface area (Å²) in [7, 11) is 1.96. The second-order valence-electron chi connectivity index (χ2n) is 6.19. The van der Waals surface area contributed by atoms with Crippen LogP contribution in [-0.4, -0.2) is 32.8 Å². The second-order valence-corrected chi connectivity index (χ2v) is 6.19. The minimum absolute atomic E-state index is 0.832. The van der Waals surface area contributed by atoms with E-state index in [0.717, 1.165) is 47.0 Å². The van der Waals surface area contributed by atoms with E-state index in [-0.39, 0.29) is 0 Å². The van der Waals surface area contributed by atoms with Crippen molar-refractivity contribution >= 4 is 17.0 Å². The summed E-state index contributed by atoms with van der Waals surface area (Å²) in [5.74, 6) is 0.832. The molecule has 1 aliphatic heterocycles. The van der Waals surface area contributed by atoms with Crippen molar-refractivity contribution in [2.75, 3.05) is 18.0 Å². The molecule has 0 spiro atoms. The van der Waals surface area contributed by atoms with Gasteiger partial charge in [-0.15, -0.1) is 0 Å². The third-order valence-electron chi connectivity index (χ3n) is 4.53. The number of aryl methyl sites for hydroxylation is 2. The molecule has 3 heterocycles. The summed E-state index contributed by atoms with van der Waals surface area (Å²) in [6.45, 7) is 4.10. The Labute approximate surface area is 136 Å². The van der Waals surface area contributed by atoms with Crippen LogP contribution in [0.2, 0.25) is 0 Å². The van der Waals surface area contributed by atoms with Crippen LogP contribution in [0.15, 0.2) is 30.3 Å². The van der Waals surface area contributed by atoms with E-state index in [1.165, 1.54) is 19.3 Å². The van der Waals surface area contributed by atoms with Crippen molar-refractivity contribution in [1.29, 1.82) is 0 Å². The van der Waals surface area contributed by atoms with Crippen molar-refractivity contribution in [2.24, 2.45) is 7.05 Å².